The fourth-order valence-corrected chi connectivity index (χ4v) is 4.31. The summed E-state index contributed by atoms with van der Waals surface area (Å²) >= 11 is 1.53. The molecule has 1 aromatic heterocycles. The van der Waals surface area contributed by atoms with Gasteiger partial charge in [0.05, 0.1) is 10.7 Å². The van der Waals surface area contributed by atoms with Gasteiger partial charge in [0.15, 0.2) is 0 Å². The van der Waals surface area contributed by atoms with Crippen molar-refractivity contribution >= 4 is 43.7 Å². The monoisotopic (exact) mass is 445 g/mol. The van der Waals surface area contributed by atoms with Crippen molar-refractivity contribution in [3.63, 3.8) is 0 Å². The molecule has 3 rings (SSSR count). The van der Waals surface area contributed by atoms with E-state index in [0.717, 1.165) is 27.1 Å². The number of hydrogen-bond donors (Lipinski definition) is 2. The molecule has 0 aliphatic carbocycles. The average Bonchev–Trinajstić information content (AvgIpc) is 2.72. The van der Waals surface area contributed by atoms with Crippen LogP contribution in [0.15, 0.2) is 56.7 Å². The summed E-state index contributed by atoms with van der Waals surface area (Å²) in [5.74, 6) is 0. The standard InChI is InChI=1S/C21H23N3O4S2/c1-13-17-9-8-15(20(22-2)29-4)12-19(17)28-21(25)18(13)11-14-6-5-7-16(10-14)24-30(26,27)23-3/h5-10,12,23-24H,11H2,1-4H3. The Morgan fingerprint density at radius 3 is 2.63 bits per heavy atom. The number of nitrogens with zero attached hydrogens (tertiary/aromatic N) is 1. The zero-order chi connectivity index (χ0) is 21.9. The van der Waals surface area contributed by atoms with Gasteiger partial charge >= 0.3 is 5.63 Å². The molecule has 158 valence electrons. The molecule has 1 heterocycles. The highest BCUT2D eigenvalue weighted by Gasteiger charge is 2.14. The van der Waals surface area contributed by atoms with Crippen molar-refractivity contribution in [2.24, 2.45) is 4.99 Å². The highest BCUT2D eigenvalue weighted by atomic mass is 32.2. The van der Waals surface area contributed by atoms with Crippen LogP contribution in [0.2, 0.25) is 0 Å². The number of fused-ring (bicyclic) bond motifs is 1. The largest absolute Gasteiger partial charge is 0.422 e. The van der Waals surface area contributed by atoms with Gasteiger partial charge in [0.2, 0.25) is 0 Å². The Kier molecular flexibility index (Phi) is 6.64. The second-order valence-electron chi connectivity index (χ2n) is 6.62. The van der Waals surface area contributed by atoms with Crippen molar-refractivity contribution in [2.45, 2.75) is 13.3 Å². The van der Waals surface area contributed by atoms with Crippen LogP contribution in [0.4, 0.5) is 5.69 Å². The topological polar surface area (TPSA) is 101 Å². The Hall–Kier alpha value is -2.62. The van der Waals surface area contributed by atoms with E-state index in [0.29, 0.717) is 23.3 Å². The summed E-state index contributed by atoms with van der Waals surface area (Å²) in [5, 5.41) is 1.72. The molecule has 0 fully saturated rings. The Morgan fingerprint density at radius 1 is 1.20 bits per heavy atom. The van der Waals surface area contributed by atoms with Crippen molar-refractivity contribution in [1.82, 2.24) is 4.72 Å². The van der Waals surface area contributed by atoms with Gasteiger partial charge in [-0.05, 0) is 42.5 Å². The molecule has 0 aliphatic heterocycles. The molecule has 0 unspecified atom stereocenters. The van der Waals surface area contributed by atoms with Gasteiger partial charge in [0, 0.05) is 37.0 Å². The summed E-state index contributed by atoms with van der Waals surface area (Å²) in [6.07, 6.45) is 2.27. The molecule has 0 aliphatic rings. The molecule has 0 atom stereocenters. The second kappa shape index (κ2) is 9.03. The normalized spacial score (nSPS) is 12.3. The fourth-order valence-electron chi connectivity index (χ4n) is 3.22. The lowest BCUT2D eigenvalue weighted by molar-refractivity contribution is 0.551. The minimum atomic E-state index is -3.61. The van der Waals surface area contributed by atoms with E-state index in [-0.39, 0.29) is 0 Å². The van der Waals surface area contributed by atoms with Crippen molar-refractivity contribution in [3.05, 3.63) is 75.1 Å². The smallest absolute Gasteiger partial charge is 0.340 e. The molecule has 7 nitrogen and oxygen atoms in total. The molecule has 9 heteroatoms. The summed E-state index contributed by atoms with van der Waals surface area (Å²) in [5.41, 5.74) is 3.60. The lowest BCUT2D eigenvalue weighted by Gasteiger charge is -2.11. The van der Waals surface area contributed by atoms with E-state index in [4.69, 9.17) is 4.42 Å². The predicted molar refractivity (Wildman–Crippen MR) is 124 cm³/mol. The SMILES string of the molecule is CN=C(SC)c1ccc2c(C)c(Cc3cccc(NS(=O)(=O)NC)c3)c(=O)oc2c1. The van der Waals surface area contributed by atoms with Gasteiger partial charge in [-0.2, -0.15) is 8.42 Å². The first-order valence-corrected chi connectivity index (χ1v) is 11.9. The van der Waals surface area contributed by atoms with Crippen molar-refractivity contribution < 1.29 is 12.8 Å². The first-order chi connectivity index (χ1) is 14.3. The highest BCUT2D eigenvalue weighted by molar-refractivity contribution is 8.13. The Labute approximate surface area is 179 Å². The number of aryl methyl sites for hydroxylation is 1. The predicted octanol–water partition coefficient (Wildman–Crippen LogP) is 3.31. The third-order valence-corrected chi connectivity index (χ3v) is 6.61. The van der Waals surface area contributed by atoms with Crippen LogP contribution in [0.5, 0.6) is 0 Å². The van der Waals surface area contributed by atoms with Crippen LogP contribution in [0.1, 0.15) is 22.3 Å². The highest BCUT2D eigenvalue weighted by Crippen LogP contribution is 2.24. The van der Waals surface area contributed by atoms with Crippen LogP contribution in [0.25, 0.3) is 11.0 Å². The van der Waals surface area contributed by atoms with Crippen LogP contribution in [-0.4, -0.2) is 33.8 Å². The van der Waals surface area contributed by atoms with Crippen LogP contribution in [-0.2, 0) is 16.6 Å². The molecule has 0 saturated heterocycles. The molecule has 0 amide bonds. The van der Waals surface area contributed by atoms with E-state index in [1.807, 2.05) is 37.4 Å². The average molecular weight is 446 g/mol. The van der Waals surface area contributed by atoms with E-state index in [2.05, 4.69) is 14.4 Å². The molecule has 3 aromatic rings. The number of anilines is 1. The third kappa shape index (κ3) is 4.75. The molecule has 30 heavy (non-hydrogen) atoms. The summed E-state index contributed by atoms with van der Waals surface area (Å²) in [6.45, 7) is 1.89. The van der Waals surface area contributed by atoms with Gasteiger partial charge in [-0.1, -0.05) is 24.3 Å². The zero-order valence-electron chi connectivity index (χ0n) is 17.1. The van der Waals surface area contributed by atoms with E-state index in [1.165, 1.54) is 18.8 Å². The summed E-state index contributed by atoms with van der Waals surface area (Å²) < 4.78 is 33.7. The molecule has 0 bridgehead atoms. The number of hydrogen-bond acceptors (Lipinski definition) is 6. The minimum absolute atomic E-state index is 0.327. The van der Waals surface area contributed by atoms with Gasteiger partial charge in [-0.3, -0.25) is 9.71 Å². The van der Waals surface area contributed by atoms with Crippen molar-refractivity contribution in [2.75, 3.05) is 25.1 Å². The molecule has 2 N–H and O–H groups in total. The number of rotatable bonds is 6. The number of thioether (sulfide) groups is 1. The van der Waals surface area contributed by atoms with E-state index in [1.54, 1.807) is 25.2 Å². The zero-order valence-corrected chi connectivity index (χ0v) is 18.8. The van der Waals surface area contributed by atoms with Gasteiger partial charge in [-0.25, -0.2) is 9.52 Å². The Bertz CT molecular complexity index is 1280. The molecular formula is C21H23N3O4S2. The maximum Gasteiger partial charge on any atom is 0.340 e. The van der Waals surface area contributed by atoms with E-state index in [9.17, 15) is 13.2 Å². The van der Waals surface area contributed by atoms with Crippen molar-refractivity contribution in [1.29, 1.82) is 0 Å². The molecular weight excluding hydrogens is 422 g/mol. The second-order valence-corrected chi connectivity index (χ2v) is 9.04. The molecule has 0 radical (unpaired) electrons. The lowest BCUT2D eigenvalue weighted by atomic mass is 9.99. The fraction of sp³-hybridized carbons (Fsp3) is 0.238. The maximum absolute atomic E-state index is 12.7. The summed E-state index contributed by atoms with van der Waals surface area (Å²) in [4.78, 5) is 17.0. The van der Waals surface area contributed by atoms with Gasteiger partial charge in [0.1, 0.15) is 5.58 Å². The lowest BCUT2D eigenvalue weighted by Crippen LogP contribution is -2.26. The van der Waals surface area contributed by atoms with Crippen LogP contribution >= 0.6 is 11.8 Å². The number of nitrogens with one attached hydrogen (secondary N) is 2. The van der Waals surface area contributed by atoms with Gasteiger partial charge < -0.3 is 4.42 Å². The molecule has 0 spiro atoms. The quantitative estimate of drug-likeness (QED) is 0.344. The van der Waals surface area contributed by atoms with Gasteiger partial charge in [0.25, 0.3) is 10.2 Å². The van der Waals surface area contributed by atoms with Crippen LogP contribution < -0.4 is 15.1 Å². The van der Waals surface area contributed by atoms with Crippen LogP contribution in [0, 0.1) is 6.92 Å². The van der Waals surface area contributed by atoms with E-state index >= 15 is 0 Å². The molecule has 2 aromatic carbocycles. The van der Waals surface area contributed by atoms with Gasteiger partial charge in [-0.15, -0.1) is 11.8 Å². The minimum Gasteiger partial charge on any atom is -0.422 e. The molecule has 0 saturated carbocycles. The van der Waals surface area contributed by atoms with Crippen LogP contribution in [0.3, 0.4) is 0 Å². The Balaban J connectivity index is 1.99. The van der Waals surface area contributed by atoms with Crippen molar-refractivity contribution in [3.8, 4) is 0 Å². The Morgan fingerprint density at radius 2 is 1.97 bits per heavy atom. The first kappa shape index (κ1) is 22.1. The van der Waals surface area contributed by atoms with E-state index < -0.39 is 15.8 Å². The number of aliphatic imine (C=N–C) groups is 1. The first-order valence-electron chi connectivity index (χ1n) is 9.15. The summed E-state index contributed by atoms with van der Waals surface area (Å²) in [7, 11) is -0.558. The summed E-state index contributed by atoms with van der Waals surface area (Å²) in [6, 6.07) is 12.7. The number of benzene rings is 2. The maximum atomic E-state index is 12.7. The third-order valence-electron chi connectivity index (χ3n) is 4.76.